The third-order valence-corrected chi connectivity index (χ3v) is 6.44. The Labute approximate surface area is 198 Å². The summed E-state index contributed by atoms with van der Waals surface area (Å²) in [6, 6.07) is 10.8. The van der Waals surface area contributed by atoms with E-state index in [0.717, 1.165) is 67.2 Å². The molecule has 8 nitrogen and oxygen atoms in total. The lowest BCUT2D eigenvalue weighted by atomic mass is 9.89. The van der Waals surface area contributed by atoms with Gasteiger partial charge in [0.15, 0.2) is 0 Å². The van der Waals surface area contributed by atoms with E-state index in [0.29, 0.717) is 6.54 Å². The summed E-state index contributed by atoms with van der Waals surface area (Å²) < 4.78 is 33.6. The van der Waals surface area contributed by atoms with Crippen molar-refractivity contribution in [2.24, 2.45) is 0 Å². The van der Waals surface area contributed by atoms with E-state index in [4.69, 9.17) is 20.0 Å². The Kier molecular flexibility index (Phi) is 5.70. The van der Waals surface area contributed by atoms with Crippen LogP contribution in [0, 0.1) is 0 Å². The van der Waals surface area contributed by atoms with Gasteiger partial charge in [0.2, 0.25) is 0 Å². The maximum Gasteiger partial charge on any atom is 0.490 e. The quantitative estimate of drug-likeness (QED) is 0.550. The molecule has 2 aromatic heterocycles. The van der Waals surface area contributed by atoms with Crippen molar-refractivity contribution in [3.05, 3.63) is 64.5 Å². The average Bonchev–Trinajstić information content (AvgIpc) is 3.24. The van der Waals surface area contributed by atoms with Gasteiger partial charge in [-0.25, -0.2) is 9.78 Å². The summed E-state index contributed by atoms with van der Waals surface area (Å²) in [5.74, 6) is -1.76. The molecule has 4 heterocycles. The zero-order valence-corrected chi connectivity index (χ0v) is 18.6. The molecule has 0 unspecified atom stereocenters. The van der Waals surface area contributed by atoms with E-state index < -0.39 is 12.1 Å². The van der Waals surface area contributed by atoms with Crippen molar-refractivity contribution in [1.82, 2.24) is 20.1 Å². The second-order valence-electron chi connectivity index (χ2n) is 8.60. The van der Waals surface area contributed by atoms with Crippen molar-refractivity contribution in [2.75, 3.05) is 18.0 Å². The van der Waals surface area contributed by atoms with Gasteiger partial charge in [-0.3, -0.25) is 9.48 Å². The van der Waals surface area contributed by atoms with Gasteiger partial charge < -0.3 is 15.3 Å². The van der Waals surface area contributed by atoms with E-state index in [1.54, 1.807) is 0 Å². The summed E-state index contributed by atoms with van der Waals surface area (Å²) >= 11 is 0. The van der Waals surface area contributed by atoms with E-state index >= 15 is 0 Å². The van der Waals surface area contributed by atoms with Gasteiger partial charge >= 0.3 is 12.1 Å². The molecule has 1 aromatic carbocycles. The Bertz CT molecular complexity index is 1320. The number of carbonyl (C=O) groups is 2. The number of amides is 1. The number of halogens is 3. The third kappa shape index (κ3) is 4.33. The van der Waals surface area contributed by atoms with Gasteiger partial charge in [0.25, 0.3) is 5.91 Å². The van der Waals surface area contributed by atoms with E-state index in [2.05, 4.69) is 40.5 Å². The third-order valence-electron chi connectivity index (χ3n) is 6.44. The SMILES string of the molecule is O=C(O)C(F)(F)F.O=C1NCCn2nc3c(c21)CCc1cnc(N2CCc4ccccc4C2)cc1-3. The first-order valence-electron chi connectivity index (χ1n) is 11.2. The molecule has 0 fully saturated rings. The highest BCUT2D eigenvalue weighted by atomic mass is 19.4. The summed E-state index contributed by atoms with van der Waals surface area (Å²) in [4.78, 5) is 28.4. The molecule has 0 spiro atoms. The monoisotopic (exact) mass is 485 g/mol. The first-order valence-corrected chi connectivity index (χ1v) is 11.2. The maximum absolute atomic E-state index is 12.4. The van der Waals surface area contributed by atoms with E-state index in [-0.39, 0.29) is 5.91 Å². The Morgan fingerprint density at radius 2 is 1.80 bits per heavy atom. The average molecular weight is 485 g/mol. The number of carbonyl (C=O) groups excluding carboxylic acids is 1. The Hall–Kier alpha value is -3.89. The topological polar surface area (TPSA) is 100 Å². The predicted octanol–water partition coefficient (Wildman–Crippen LogP) is 2.98. The van der Waals surface area contributed by atoms with Crippen LogP contribution in [0.25, 0.3) is 11.3 Å². The van der Waals surface area contributed by atoms with Crippen molar-refractivity contribution in [2.45, 2.75) is 38.5 Å². The Morgan fingerprint density at radius 1 is 1.06 bits per heavy atom. The molecule has 0 radical (unpaired) electrons. The largest absolute Gasteiger partial charge is 0.490 e. The number of nitrogens with one attached hydrogen (secondary N) is 1. The van der Waals surface area contributed by atoms with Crippen molar-refractivity contribution >= 4 is 17.7 Å². The molecule has 11 heteroatoms. The molecule has 3 aliphatic rings. The lowest BCUT2D eigenvalue weighted by Gasteiger charge is -2.30. The summed E-state index contributed by atoms with van der Waals surface area (Å²) in [6.07, 6.45) is -0.278. The van der Waals surface area contributed by atoms with Crippen molar-refractivity contribution in [3.63, 3.8) is 0 Å². The fourth-order valence-corrected chi connectivity index (χ4v) is 4.74. The highest BCUT2D eigenvalue weighted by Gasteiger charge is 2.38. The minimum absolute atomic E-state index is 0.00497. The zero-order valence-electron chi connectivity index (χ0n) is 18.6. The summed E-state index contributed by atoms with van der Waals surface area (Å²) in [7, 11) is 0. The number of rotatable bonds is 1. The highest BCUT2D eigenvalue weighted by Crippen LogP contribution is 2.37. The summed E-state index contributed by atoms with van der Waals surface area (Å²) in [5.41, 5.74) is 7.98. The molecule has 2 N–H and O–H groups in total. The lowest BCUT2D eigenvalue weighted by molar-refractivity contribution is -0.192. The molecule has 2 aliphatic heterocycles. The minimum atomic E-state index is -5.08. The number of fused-ring (bicyclic) bond motifs is 6. The van der Waals surface area contributed by atoms with Crippen molar-refractivity contribution < 1.29 is 27.9 Å². The number of hydrogen-bond acceptors (Lipinski definition) is 5. The van der Waals surface area contributed by atoms with Crippen LogP contribution >= 0.6 is 0 Å². The number of aliphatic carboxylic acids is 1. The molecule has 1 amide bonds. The van der Waals surface area contributed by atoms with Crippen molar-refractivity contribution in [1.29, 1.82) is 0 Å². The van der Waals surface area contributed by atoms with Crippen LogP contribution in [0.5, 0.6) is 0 Å². The van der Waals surface area contributed by atoms with Crippen LogP contribution < -0.4 is 10.2 Å². The van der Waals surface area contributed by atoms with Crippen molar-refractivity contribution in [3.8, 4) is 11.3 Å². The molecule has 182 valence electrons. The number of benzene rings is 1. The fraction of sp³-hybridized carbons (Fsp3) is 0.333. The standard InChI is InChI=1S/C22H21N5O.C2HF3O2/c28-22-21-17-6-5-15-12-24-19(11-18(15)20(17)25-27(21)10-8-23-22)26-9-7-14-3-1-2-4-16(14)13-26;3-2(4,5)1(6)7/h1-4,11-12H,5-10,13H2,(H,23,28);(H,6,7). The first-order chi connectivity index (χ1) is 16.7. The molecule has 0 saturated carbocycles. The number of aryl methyl sites for hydroxylation is 1. The number of pyridine rings is 1. The number of aromatic nitrogens is 3. The number of carboxylic acids is 1. The molecule has 35 heavy (non-hydrogen) atoms. The Morgan fingerprint density at radius 3 is 2.54 bits per heavy atom. The van der Waals surface area contributed by atoms with Crippen LogP contribution in [0.1, 0.15) is 32.7 Å². The molecule has 3 aromatic rings. The first kappa shape index (κ1) is 22.9. The second kappa shape index (κ2) is 8.71. The van der Waals surface area contributed by atoms with Gasteiger partial charge in [-0.05, 0) is 42.0 Å². The zero-order chi connectivity index (χ0) is 24.7. The number of anilines is 1. The van der Waals surface area contributed by atoms with E-state index in [1.165, 1.54) is 16.7 Å². The molecule has 0 bridgehead atoms. The van der Waals surface area contributed by atoms with Gasteiger partial charge in [-0.2, -0.15) is 18.3 Å². The summed E-state index contributed by atoms with van der Waals surface area (Å²) in [6.45, 7) is 3.24. The number of hydrogen-bond donors (Lipinski definition) is 2. The molecular weight excluding hydrogens is 463 g/mol. The molecule has 0 saturated heterocycles. The summed E-state index contributed by atoms with van der Waals surface area (Å²) in [5, 5.41) is 14.9. The van der Waals surface area contributed by atoms with Gasteiger partial charge in [0, 0.05) is 37.0 Å². The van der Waals surface area contributed by atoms with Gasteiger partial charge in [-0.15, -0.1) is 0 Å². The molecule has 0 atom stereocenters. The van der Waals surface area contributed by atoms with Gasteiger partial charge in [0.05, 0.1) is 12.2 Å². The number of alkyl halides is 3. The second-order valence-corrected chi connectivity index (χ2v) is 8.60. The van der Waals surface area contributed by atoms with E-state index in [9.17, 15) is 18.0 Å². The lowest BCUT2D eigenvalue weighted by Crippen LogP contribution is -2.36. The molecule has 1 aliphatic carbocycles. The van der Waals surface area contributed by atoms with Gasteiger partial charge in [-0.1, -0.05) is 24.3 Å². The van der Waals surface area contributed by atoms with E-state index in [1.807, 2.05) is 10.9 Å². The Balaban J connectivity index is 0.000000320. The number of nitrogens with zero attached hydrogens (tertiary/aromatic N) is 4. The fourth-order valence-electron chi connectivity index (χ4n) is 4.74. The smallest absolute Gasteiger partial charge is 0.475 e. The normalized spacial score (nSPS) is 16.1. The van der Waals surface area contributed by atoms with Crippen LogP contribution in [0.15, 0.2) is 36.5 Å². The van der Waals surface area contributed by atoms with Crippen LogP contribution in [-0.2, 0) is 37.1 Å². The van der Waals surface area contributed by atoms with Crippen LogP contribution in [0.4, 0.5) is 19.0 Å². The maximum atomic E-state index is 12.4. The minimum Gasteiger partial charge on any atom is -0.475 e. The molecular formula is C24H22F3N5O3. The van der Waals surface area contributed by atoms with Crippen LogP contribution in [-0.4, -0.2) is 51.0 Å². The van der Waals surface area contributed by atoms with Crippen LogP contribution in [0.2, 0.25) is 0 Å². The van der Waals surface area contributed by atoms with Crippen LogP contribution in [0.3, 0.4) is 0 Å². The number of carboxylic acid groups (broad SMARTS) is 1. The highest BCUT2D eigenvalue weighted by molar-refractivity contribution is 5.97. The van der Waals surface area contributed by atoms with Gasteiger partial charge in [0.1, 0.15) is 11.5 Å². The molecule has 6 rings (SSSR count). The predicted molar refractivity (Wildman–Crippen MR) is 120 cm³/mol.